The molecule has 6 nitrogen and oxygen atoms in total. The number of anilines is 1. The van der Waals surface area contributed by atoms with E-state index in [0.29, 0.717) is 18.7 Å². The fourth-order valence-electron chi connectivity index (χ4n) is 2.51. The van der Waals surface area contributed by atoms with Crippen LogP contribution >= 0.6 is 0 Å². The van der Waals surface area contributed by atoms with E-state index in [0.717, 1.165) is 24.5 Å². The molecule has 1 saturated heterocycles. The molecule has 1 aliphatic rings. The van der Waals surface area contributed by atoms with E-state index in [1.807, 2.05) is 12.1 Å². The van der Waals surface area contributed by atoms with Gasteiger partial charge in [0.1, 0.15) is 5.82 Å². The topological polar surface area (TPSA) is 79.2 Å². The molecule has 0 atom stereocenters. The zero-order valence-corrected chi connectivity index (χ0v) is 12.5. The molecule has 0 bridgehead atoms. The molecule has 0 aliphatic carbocycles. The second kappa shape index (κ2) is 7.39. The van der Waals surface area contributed by atoms with E-state index in [1.165, 1.54) is 0 Å². The first kappa shape index (κ1) is 16.5. The Morgan fingerprint density at radius 3 is 2.41 bits per heavy atom. The van der Waals surface area contributed by atoms with E-state index >= 15 is 0 Å². The Labute approximate surface area is 142 Å². The minimum atomic E-state index is -0.695. The third-order valence-corrected chi connectivity index (χ3v) is 3.74. The van der Waals surface area contributed by atoms with Crippen LogP contribution in [-0.4, -0.2) is 39.1 Å². The van der Waals surface area contributed by atoms with Crippen LogP contribution in [-0.2, 0) is 4.79 Å². The summed E-state index contributed by atoms with van der Waals surface area (Å²) in [6.07, 6.45) is 6.49. The number of carboxylic acids is 1. The summed E-state index contributed by atoms with van der Waals surface area (Å²) in [7, 11) is 0. The zero-order valence-electron chi connectivity index (χ0n) is 13.5. The van der Waals surface area contributed by atoms with Crippen molar-refractivity contribution in [2.45, 2.75) is 12.8 Å². The van der Waals surface area contributed by atoms with E-state index in [9.17, 15) is 4.79 Å². The summed E-state index contributed by atoms with van der Waals surface area (Å²) in [5.41, 5.74) is 0.875. The van der Waals surface area contributed by atoms with Gasteiger partial charge in [-0.2, -0.15) is 0 Å². The number of aliphatic carboxylic acids is 1. The standard InChI is InChI=1S/C15H16N4O2.Li.H/c20-15(21)11-4-8-19(9-5-11)13-3-2-12(10-18-13)14-16-6-1-7-17-14;;/h1-3,6-7,10-11H,4-5,8-9H2,(H,20,21);;/q;+1;-1. The minimum absolute atomic E-state index is 0. The molecule has 1 N–H and O–H groups in total. The molecule has 2 aromatic heterocycles. The zero-order chi connectivity index (χ0) is 14.7. The number of pyridine rings is 1. The number of rotatable bonds is 3. The molecule has 22 heavy (non-hydrogen) atoms. The van der Waals surface area contributed by atoms with Gasteiger partial charge in [-0.05, 0) is 31.0 Å². The van der Waals surface area contributed by atoms with Gasteiger partial charge in [0.15, 0.2) is 5.82 Å². The van der Waals surface area contributed by atoms with Gasteiger partial charge < -0.3 is 11.4 Å². The Balaban J connectivity index is 0.00000132. The predicted molar refractivity (Wildman–Crippen MR) is 78.9 cm³/mol. The van der Waals surface area contributed by atoms with Gasteiger partial charge in [-0.25, -0.2) is 15.0 Å². The molecular weight excluding hydrogens is 275 g/mol. The van der Waals surface area contributed by atoms with Gasteiger partial charge in [0.25, 0.3) is 0 Å². The molecule has 3 heterocycles. The molecule has 0 spiro atoms. The molecule has 3 rings (SSSR count). The number of hydrogen-bond acceptors (Lipinski definition) is 5. The summed E-state index contributed by atoms with van der Waals surface area (Å²) in [5, 5.41) is 9.01. The number of nitrogens with zero attached hydrogens (tertiary/aromatic N) is 4. The second-order valence-corrected chi connectivity index (χ2v) is 5.08. The van der Waals surface area contributed by atoms with E-state index < -0.39 is 5.97 Å². The van der Waals surface area contributed by atoms with Crippen LogP contribution in [0.2, 0.25) is 0 Å². The Kier molecular flexibility index (Phi) is 5.53. The maximum atomic E-state index is 11.0. The average molecular weight is 292 g/mol. The summed E-state index contributed by atoms with van der Waals surface area (Å²) >= 11 is 0. The molecule has 1 aliphatic heterocycles. The summed E-state index contributed by atoms with van der Waals surface area (Å²) < 4.78 is 0. The van der Waals surface area contributed by atoms with Gasteiger partial charge in [0.05, 0.1) is 5.92 Å². The second-order valence-electron chi connectivity index (χ2n) is 5.08. The molecule has 1 fully saturated rings. The van der Waals surface area contributed by atoms with Crippen LogP contribution in [0, 0.1) is 5.92 Å². The van der Waals surface area contributed by atoms with Gasteiger partial charge in [-0.15, -0.1) is 0 Å². The van der Waals surface area contributed by atoms with E-state index in [2.05, 4.69) is 19.9 Å². The van der Waals surface area contributed by atoms with E-state index in [-0.39, 0.29) is 26.2 Å². The van der Waals surface area contributed by atoms with Gasteiger partial charge in [-0.1, -0.05) is 0 Å². The number of carbonyl (C=O) groups is 1. The predicted octanol–water partition coefficient (Wildman–Crippen LogP) is -1.04. The van der Waals surface area contributed by atoms with Crippen LogP contribution in [0.3, 0.4) is 0 Å². The maximum Gasteiger partial charge on any atom is 1.00 e. The van der Waals surface area contributed by atoms with Crippen LogP contribution in [0.5, 0.6) is 0 Å². The monoisotopic (exact) mass is 292 g/mol. The molecule has 2 aromatic rings. The smallest absolute Gasteiger partial charge is 1.00 e. The number of hydrogen-bond donors (Lipinski definition) is 1. The van der Waals surface area contributed by atoms with Gasteiger partial charge >= 0.3 is 24.8 Å². The fourth-order valence-corrected chi connectivity index (χ4v) is 2.51. The summed E-state index contributed by atoms with van der Waals surface area (Å²) in [5.74, 6) is 0.608. The van der Waals surface area contributed by atoms with E-state index in [4.69, 9.17) is 5.11 Å². The Morgan fingerprint density at radius 2 is 1.86 bits per heavy atom. The van der Waals surface area contributed by atoms with Gasteiger partial charge in [0.2, 0.25) is 0 Å². The van der Waals surface area contributed by atoms with Crippen molar-refractivity contribution in [1.29, 1.82) is 0 Å². The largest absolute Gasteiger partial charge is 1.00 e. The van der Waals surface area contributed by atoms with Crippen molar-refractivity contribution in [3.63, 3.8) is 0 Å². The first-order chi connectivity index (χ1) is 10.2. The van der Waals surface area contributed by atoms with Crippen molar-refractivity contribution in [3.8, 4) is 11.4 Å². The Hall–Kier alpha value is -1.90. The molecular formula is C15H17LiN4O2. The average Bonchev–Trinajstić information content (AvgIpc) is 2.56. The third-order valence-electron chi connectivity index (χ3n) is 3.74. The van der Waals surface area contributed by atoms with Gasteiger partial charge in [0, 0.05) is 37.2 Å². The van der Waals surface area contributed by atoms with Crippen molar-refractivity contribution < 1.29 is 30.2 Å². The molecule has 110 valence electrons. The van der Waals surface area contributed by atoms with Gasteiger partial charge in [-0.3, -0.25) is 4.79 Å². The fraction of sp³-hybridized carbons (Fsp3) is 0.333. The molecule has 0 unspecified atom stereocenters. The molecule has 0 saturated carbocycles. The first-order valence-corrected chi connectivity index (χ1v) is 6.95. The Bertz CT molecular complexity index is 619. The third kappa shape index (κ3) is 3.64. The number of aromatic nitrogens is 3. The minimum Gasteiger partial charge on any atom is -1.00 e. The first-order valence-electron chi connectivity index (χ1n) is 6.95. The van der Waals surface area contributed by atoms with Crippen molar-refractivity contribution in [2.75, 3.05) is 18.0 Å². The SMILES string of the molecule is O=C(O)C1CCN(c2ccc(-c3ncccn3)cn2)CC1.[H-].[Li+]. The van der Waals surface area contributed by atoms with Crippen molar-refractivity contribution in [1.82, 2.24) is 15.0 Å². The summed E-state index contributed by atoms with van der Waals surface area (Å²) in [6.45, 7) is 1.45. The maximum absolute atomic E-state index is 11.0. The summed E-state index contributed by atoms with van der Waals surface area (Å²) in [4.78, 5) is 25.9. The van der Waals surface area contributed by atoms with Crippen LogP contribution in [0.25, 0.3) is 11.4 Å². The summed E-state index contributed by atoms with van der Waals surface area (Å²) in [6, 6.07) is 5.66. The van der Waals surface area contributed by atoms with Crippen LogP contribution in [0.4, 0.5) is 5.82 Å². The van der Waals surface area contributed by atoms with E-state index in [1.54, 1.807) is 24.7 Å². The van der Waals surface area contributed by atoms with Crippen molar-refractivity contribution in [2.24, 2.45) is 5.92 Å². The Morgan fingerprint density at radius 1 is 1.18 bits per heavy atom. The molecule has 0 aromatic carbocycles. The van der Waals surface area contributed by atoms with Crippen LogP contribution < -0.4 is 23.8 Å². The molecule has 0 radical (unpaired) electrons. The molecule has 7 heteroatoms. The van der Waals surface area contributed by atoms with Crippen molar-refractivity contribution in [3.05, 3.63) is 36.8 Å². The number of piperidine rings is 1. The molecule has 0 amide bonds. The van der Waals surface area contributed by atoms with Crippen molar-refractivity contribution >= 4 is 11.8 Å². The van der Waals surface area contributed by atoms with Crippen LogP contribution in [0.1, 0.15) is 14.3 Å². The van der Waals surface area contributed by atoms with Crippen LogP contribution in [0.15, 0.2) is 36.8 Å². The normalized spacial score (nSPS) is 15.2. The number of carboxylic acid groups (broad SMARTS) is 1. The quantitative estimate of drug-likeness (QED) is 0.728.